The second-order valence-corrected chi connectivity index (χ2v) is 10.6. The standard InChI is InChI=1S/C26H26FN5O3S/c1-34-26-29-22-21(27)23(20-9-18(33)8-14-4-2-3-5-19(14)20)32(15-6-7-15)36-24(22)25(30-26)31-16-10-28-11-17(31)13-35-12-16/h2-5,8-9,15-17,28,33H,6-7,10-13H2,1H3. The molecule has 3 aromatic rings. The molecule has 2 bridgehead atoms. The summed E-state index contributed by atoms with van der Waals surface area (Å²) < 4.78 is 30.1. The number of phenols is 1. The van der Waals surface area contributed by atoms with Crippen molar-refractivity contribution >= 4 is 40.1 Å². The number of benzene rings is 2. The third-order valence-electron chi connectivity index (χ3n) is 7.23. The van der Waals surface area contributed by atoms with Crippen molar-refractivity contribution in [2.45, 2.75) is 35.9 Å². The third kappa shape index (κ3) is 3.50. The Morgan fingerprint density at radius 3 is 2.64 bits per heavy atom. The highest BCUT2D eigenvalue weighted by molar-refractivity contribution is 7.97. The maximum absolute atomic E-state index is 16.7. The second kappa shape index (κ2) is 8.50. The first kappa shape index (κ1) is 22.1. The molecule has 4 aliphatic rings. The first-order valence-electron chi connectivity index (χ1n) is 12.2. The average molecular weight is 508 g/mol. The van der Waals surface area contributed by atoms with E-state index in [1.165, 1.54) is 19.1 Å². The molecule has 10 heteroatoms. The van der Waals surface area contributed by atoms with E-state index >= 15 is 4.39 Å². The van der Waals surface area contributed by atoms with E-state index in [1.54, 1.807) is 12.1 Å². The highest BCUT2D eigenvalue weighted by Gasteiger charge is 2.43. The molecule has 2 aromatic carbocycles. The monoisotopic (exact) mass is 507 g/mol. The highest BCUT2D eigenvalue weighted by atomic mass is 32.2. The number of anilines is 1. The molecule has 1 saturated carbocycles. The van der Waals surface area contributed by atoms with Crippen LogP contribution in [0.2, 0.25) is 0 Å². The Kier molecular flexibility index (Phi) is 5.23. The molecule has 0 spiro atoms. The number of aromatic nitrogens is 2. The number of fused-ring (bicyclic) bond motifs is 4. The van der Waals surface area contributed by atoms with Gasteiger partial charge in [0.05, 0.1) is 38.1 Å². The Morgan fingerprint density at radius 2 is 1.89 bits per heavy atom. The lowest BCUT2D eigenvalue weighted by Crippen LogP contribution is -2.64. The summed E-state index contributed by atoms with van der Waals surface area (Å²) in [5.74, 6) is 0.373. The lowest BCUT2D eigenvalue weighted by atomic mass is 10.00. The van der Waals surface area contributed by atoms with Gasteiger partial charge in [-0.15, -0.1) is 0 Å². The highest BCUT2D eigenvalue weighted by Crippen LogP contribution is 2.54. The van der Waals surface area contributed by atoms with Crippen molar-refractivity contribution in [3.8, 4) is 11.8 Å². The van der Waals surface area contributed by atoms with Crippen molar-refractivity contribution in [2.24, 2.45) is 0 Å². The molecule has 2 N–H and O–H groups in total. The van der Waals surface area contributed by atoms with Crippen LogP contribution in [0.5, 0.6) is 11.8 Å². The fourth-order valence-corrected chi connectivity index (χ4v) is 6.72. The largest absolute Gasteiger partial charge is 0.508 e. The Balaban J connectivity index is 1.46. The van der Waals surface area contributed by atoms with Gasteiger partial charge in [0.1, 0.15) is 16.3 Å². The molecule has 4 heterocycles. The van der Waals surface area contributed by atoms with Gasteiger partial charge in [0, 0.05) is 24.7 Å². The van der Waals surface area contributed by atoms with Gasteiger partial charge in [-0.25, -0.2) is 4.39 Å². The van der Waals surface area contributed by atoms with Gasteiger partial charge in [0.25, 0.3) is 0 Å². The van der Waals surface area contributed by atoms with E-state index in [0.29, 0.717) is 35.2 Å². The summed E-state index contributed by atoms with van der Waals surface area (Å²) in [4.78, 5) is 12.2. The number of hydrogen-bond donors (Lipinski definition) is 2. The van der Waals surface area contributed by atoms with Gasteiger partial charge < -0.3 is 29.1 Å². The van der Waals surface area contributed by atoms with Gasteiger partial charge in [0.2, 0.25) is 0 Å². The molecule has 36 heavy (non-hydrogen) atoms. The molecule has 1 aliphatic carbocycles. The molecular formula is C26H26FN5O3S. The first-order chi connectivity index (χ1) is 17.6. The predicted molar refractivity (Wildman–Crippen MR) is 137 cm³/mol. The fourth-order valence-electron chi connectivity index (χ4n) is 5.44. The van der Waals surface area contributed by atoms with Gasteiger partial charge in [-0.2, -0.15) is 9.97 Å². The van der Waals surface area contributed by atoms with Gasteiger partial charge in [0.15, 0.2) is 11.6 Å². The lowest BCUT2D eigenvalue weighted by molar-refractivity contribution is 0.0518. The van der Waals surface area contributed by atoms with Crippen LogP contribution in [-0.2, 0) is 4.74 Å². The molecule has 3 fully saturated rings. The number of halogens is 1. The Hall–Kier alpha value is -3.08. The SMILES string of the molecule is COc1nc2c(c(N3C4CNCC3COC4)n1)SN(C1CC1)C(c1cc(O)cc3ccccc13)=C2F. The number of nitrogens with zero attached hydrogens (tertiary/aromatic N) is 4. The van der Waals surface area contributed by atoms with Crippen molar-refractivity contribution in [3.05, 3.63) is 47.7 Å². The van der Waals surface area contributed by atoms with Crippen LogP contribution in [0.4, 0.5) is 10.2 Å². The van der Waals surface area contributed by atoms with E-state index < -0.39 is 5.83 Å². The number of rotatable bonds is 4. The quantitative estimate of drug-likeness (QED) is 0.513. The van der Waals surface area contributed by atoms with Crippen LogP contribution < -0.4 is 15.0 Å². The zero-order valence-corrected chi connectivity index (χ0v) is 20.6. The smallest absolute Gasteiger partial charge is 0.318 e. The molecule has 3 aliphatic heterocycles. The summed E-state index contributed by atoms with van der Waals surface area (Å²) in [5, 5.41) is 15.7. The molecule has 2 unspecified atom stereocenters. The zero-order chi connectivity index (χ0) is 24.4. The van der Waals surface area contributed by atoms with Crippen molar-refractivity contribution < 1.29 is 19.0 Å². The van der Waals surface area contributed by atoms with Crippen LogP contribution in [0.25, 0.3) is 22.3 Å². The van der Waals surface area contributed by atoms with Gasteiger partial charge in [-0.3, -0.25) is 0 Å². The Labute approximate surface area is 212 Å². The summed E-state index contributed by atoms with van der Waals surface area (Å²) in [7, 11) is 1.50. The number of morpholine rings is 1. The minimum absolute atomic E-state index is 0.0969. The first-order valence-corrected chi connectivity index (χ1v) is 13.0. The number of phenolic OH excluding ortho intramolecular Hbond substituents is 1. The molecule has 0 radical (unpaired) electrons. The number of piperazine rings is 1. The van der Waals surface area contributed by atoms with Crippen molar-refractivity contribution in [2.75, 3.05) is 38.3 Å². The normalized spacial score (nSPS) is 23.7. The number of aromatic hydroxyl groups is 1. The van der Waals surface area contributed by atoms with Crippen molar-refractivity contribution in [1.29, 1.82) is 0 Å². The Bertz CT molecular complexity index is 1380. The maximum atomic E-state index is 16.7. The number of hydrogen-bond acceptors (Lipinski definition) is 9. The summed E-state index contributed by atoms with van der Waals surface area (Å²) in [6.07, 6.45) is 1.96. The average Bonchev–Trinajstić information content (AvgIpc) is 3.73. The molecule has 1 aromatic heterocycles. The molecule has 7 rings (SSSR count). The van der Waals surface area contributed by atoms with Crippen LogP contribution in [0, 0.1) is 0 Å². The summed E-state index contributed by atoms with van der Waals surface area (Å²) >= 11 is 1.50. The van der Waals surface area contributed by atoms with Crippen molar-refractivity contribution in [3.63, 3.8) is 0 Å². The topological polar surface area (TPSA) is 83.0 Å². The van der Waals surface area contributed by atoms with Crippen LogP contribution in [0.3, 0.4) is 0 Å². The second-order valence-electron chi connectivity index (χ2n) is 9.65. The minimum Gasteiger partial charge on any atom is -0.508 e. The summed E-state index contributed by atoms with van der Waals surface area (Å²) in [6, 6.07) is 11.6. The molecule has 2 atom stereocenters. The van der Waals surface area contributed by atoms with Gasteiger partial charge >= 0.3 is 6.01 Å². The zero-order valence-electron chi connectivity index (χ0n) is 19.8. The number of ether oxygens (including phenoxy) is 2. The van der Waals surface area contributed by atoms with Crippen molar-refractivity contribution in [1.82, 2.24) is 19.6 Å². The molecule has 0 amide bonds. The summed E-state index contributed by atoms with van der Waals surface area (Å²) in [6.45, 7) is 2.71. The van der Waals surface area contributed by atoms with E-state index in [0.717, 1.165) is 36.7 Å². The molecular weight excluding hydrogens is 481 g/mol. The maximum Gasteiger partial charge on any atom is 0.318 e. The van der Waals surface area contributed by atoms with Gasteiger partial charge in [-0.1, -0.05) is 24.3 Å². The van der Waals surface area contributed by atoms with Gasteiger partial charge in [-0.05, 0) is 47.7 Å². The lowest BCUT2D eigenvalue weighted by Gasteiger charge is -2.47. The molecule has 2 saturated heterocycles. The van der Waals surface area contributed by atoms with Crippen LogP contribution >= 0.6 is 11.9 Å². The third-order valence-corrected chi connectivity index (χ3v) is 8.46. The van der Waals surface area contributed by atoms with Crippen LogP contribution in [-0.4, -0.2) is 70.9 Å². The van der Waals surface area contributed by atoms with E-state index in [9.17, 15) is 5.11 Å². The molecule has 186 valence electrons. The molecule has 8 nitrogen and oxygen atoms in total. The van der Waals surface area contributed by atoms with E-state index in [1.807, 2.05) is 24.3 Å². The van der Waals surface area contributed by atoms with E-state index in [2.05, 4.69) is 19.5 Å². The predicted octanol–water partition coefficient (Wildman–Crippen LogP) is 3.80. The minimum atomic E-state index is -0.426. The number of nitrogens with one attached hydrogen (secondary N) is 1. The number of methoxy groups -OCH3 is 1. The van der Waals surface area contributed by atoms with Crippen LogP contribution in [0.1, 0.15) is 24.1 Å². The van der Waals surface area contributed by atoms with E-state index in [-0.39, 0.29) is 35.6 Å². The van der Waals surface area contributed by atoms with E-state index in [4.69, 9.17) is 14.5 Å². The fraction of sp³-hybridized carbons (Fsp3) is 0.385. The Morgan fingerprint density at radius 1 is 1.11 bits per heavy atom. The summed E-state index contributed by atoms with van der Waals surface area (Å²) in [5.41, 5.74) is 1.33. The van der Waals surface area contributed by atoms with Crippen LogP contribution in [0.15, 0.2) is 41.3 Å².